The second kappa shape index (κ2) is 5.27. The second-order valence-corrected chi connectivity index (χ2v) is 4.29. The van der Waals surface area contributed by atoms with Crippen LogP contribution in [0.1, 0.15) is 11.3 Å². The van der Waals surface area contributed by atoms with Crippen LogP contribution in [-0.2, 0) is 12.1 Å². The number of rotatable bonds is 2. The first-order chi connectivity index (χ1) is 8.06. The highest BCUT2D eigenvalue weighted by Gasteiger charge is 2.39. The van der Waals surface area contributed by atoms with Crippen molar-refractivity contribution in [3.63, 3.8) is 0 Å². The molecule has 10 heteroatoms. The molecule has 0 spiro atoms. The Hall–Kier alpha value is -0.450. The SMILES string of the molecule is FC(F)(F)Oc1c(CCl)ncc(C(F)(F)F)c1I. The smallest absolute Gasteiger partial charge is 0.403 e. The van der Waals surface area contributed by atoms with Crippen LogP contribution in [0.25, 0.3) is 0 Å². The topological polar surface area (TPSA) is 22.1 Å². The van der Waals surface area contributed by atoms with Crippen LogP contribution >= 0.6 is 34.2 Å². The van der Waals surface area contributed by atoms with Gasteiger partial charge in [-0.1, -0.05) is 0 Å². The molecule has 0 aliphatic heterocycles. The van der Waals surface area contributed by atoms with Crippen LogP contribution in [-0.4, -0.2) is 11.3 Å². The number of hydrogen-bond acceptors (Lipinski definition) is 2. The van der Waals surface area contributed by atoms with E-state index in [2.05, 4.69) is 9.72 Å². The Balaban J connectivity index is 3.37. The van der Waals surface area contributed by atoms with Gasteiger partial charge in [0.25, 0.3) is 0 Å². The fourth-order valence-electron chi connectivity index (χ4n) is 1.02. The van der Waals surface area contributed by atoms with Crippen LogP contribution in [0.4, 0.5) is 26.3 Å². The van der Waals surface area contributed by atoms with Crippen molar-refractivity contribution in [1.82, 2.24) is 4.98 Å². The molecule has 0 atom stereocenters. The molecular weight excluding hydrogens is 402 g/mol. The molecule has 0 bridgehead atoms. The number of halogens is 8. The standard InChI is InChI=1S/C8H3ClF6INO/c9-1-4-6(18-8(13,14)15)5(16)3(2-17-4)7(10,11)12/h2H,1H2. The van der Waals surface area contributed by atoms with E-state index < -0.39 is 39.0 Å². The Morgan fingerprint density at radius 2 is 1.78 bits per heavy atom. The molecule has 0 aromatic carbocycles. The van der Waals surface area contributed by atoms with E-state index in [-0.39, 0.29) is 0 Å². The second-order valence-electron chi connectivity index (χ2n) is 2.94. The Bertz CT molecular complexity index is 446. The van der Waals surface area contributed by atoms with E-state index in [4.69, 9.17) is 11.6 Å². The van der Waals surface area contributed by atoms with E-state index in [1.165, 1.54) is 0 Å². The van der Waals surface area contributed by atoms with E-state index in [1.807, 2.05) is 0 Å². The predicted octanol–water partition coefficient (Wildman–Crippen LogP) is 4.34. The lowest BCUT2D eigenvalue weighted by Crippen LogP contribution is -2.21. The van der Waals surface area contributed by atoms with Crippen LogP contribution < -0.4 is 4.74 Å². The summed E-state index contributed by atoms with van der Waals surface area (Å²) in [6, 6.07) is 0. The first kappa shape index (κ1) is 15.6. The van der Waals surface area contributed by atoms with Gasteiger partial charge in [-0.3, -0.25) is 4.98 Å². The Labute approximate surface area is 115 Å². The summed E-state index contributed by atoms with van der Waals surface area (Å²) < 4.78 is 76.5. The van der Waals surface area contributed by atoms with Gasteiger partial charge in [-0.15, -0.1) is 24.8 Å². The van der Waals surface area contributed by atoms with Gasteiger partial charge in [0.2, 0.25) is 0 Å². The molecule has 0 saturated heterocycles. The van der Waals surface area contributed by atoms with E-state index in [0.29, 0.717) is 6.20 Å². The fraction of sp³-hybridized carbons (Fsp3) is 0.375. The zero-order valence-corrected chi connectivity index (χ0v) is 11.1. The third kappa shape index (κ3) is 3.77. The molecule has 2 nitrogen and oxygen atoms in total. The fourth-order valence-corrected chi connectivity index (χ4v) is 2.08. The number of ether oxygens (including phenoxy) is 1. The molecule has 18 heavy (non-hydrogen) atoms. The molecule has 0 saturated carbocycles. The summed E-state index contributed by atoms with van der Waals surface area (Å²) in [6.07, 6.45) is -9.52. The van der Waals surface area contributed by atoms with Gasteiger partial charge in [0.1, 0.15) is 0 Å². The Morgan fingerprint density at radius 3 is 2.17 bits per heavy atom. The summed E-state index contributed by atoms with van der Waals surface area (Å²) in [4.78, 5) is 3.23. The molecule has 0 radical (unpaired) electrons. The third-order valence-corrected chi connectivity index (χ3v) is 3.02. The molecule has 1 rings (SSSR count). The Kier molecular flexibility index (Phi) is 4.57. The molecular formula is C8H3ClF6INO. The average molecular weight is 405 g/mol. The molecule has 1 heterocycles. The van der Waals surface area contributed by atoms with Crippen molar-refractivity contribution >= 4 is 34.2 Å². The maximum Gasteiger partial charge on any atom is 0.573 e. The summed E-state index contributed by atoms with van der Waals surface area (Å²) in [7, 11) is 0. The third-order valence-electron chi connectivity index (χ3n) is 1.70. The monoisotopic (exact) mass is 405 g/mol. The summed E-state index contributed by atoms with van der Waals surface area (Å²) in [6.45, 7) is 0. The van der Waals surface area contributed by atoms with Gasteiger partial charge in [-0.25, -0.2) is 0 Å². The van der Waals surface area contributed by atoms with Crippen molar-refractivity contribution in [2.45, 2.75) is 18.4 Å². The maximum absolute atomic E-state index is 12.5. The number of hydrogen-bond donors (Lipinski definition) is 0. The largest absolute Gasteiger partial charge is 0.573 e. The number of nitrogens with zero attached hydrogens (tertiary/aromatic N) is 1. The molecule has 1 aromatic rings. The summed E-state index contributed by atoms with van der Waals surface area (Å²) >= 11 is 6.42. The molecule has 0 amide bonds. The van der Waals surface area contributed by atoms with Gasteiger partial charge in [0, 0.05) is 6.20 Å². The lowest BCUT2D eigenvalue weighted by atomic mass is 10.2. The quantitative estimate of drug-likeness (QED) is 0.415. The minimum Gasteiger partial charge on any atom is -0.403 e. The highest BCUT2D eigenvalue weighted by molar-refractivity contribution is 14.1. The zero-order valence-electron chi connectivity index (χ0n) is 8.16. The molecule has 0 unspecified atom stereocenters. The highest BCUT2D eigenvalue weighted by atomic mass is 127. The minimum atomic E-state index is -5.12. The van der Waals surface area contributed by atoms with Gasteiger partial charge >= 0.3 is 12.5 Å². The molecule has 1 aromatic heterocycles. The van der Waals surface area contributed by atoms with Crippen molar-refractivity contribution in [3.05, 3.63) is 21.0 Å². The molecule has 0 fully saturated rings. The normalized spacial score (nSPS) is 12.7. The van der Waals surface area contributed by atoms with Crippen LogP contribution in [0.3, 0.4) is 0 Å². The van der Waals surface area contributed by atoms with Crippen molar-refractivity contribution in [3.8, 4) is 5.75 Å². The van der Waals surface area contributed by atoms with Crippen molar-refractivity contribution in [2.24, 2.45) is 0 Å². The zero-order chi connectivity index (χ0) is 14.1. The van der Waals surface area contributed by atoms with Crippen LogP contribution in [0, 0.1) is 3.57 Å². The van der Waals surface area contributed by atoms with Crippen molar-refractivity contribution in [2.75, 3.05) is 0 Å². The minimum absolute atomic E-state index is 0.411. The number of alkyl halides is 7. The first-order valence-electron chi connectivity index (χ1n) is 4.12. The van der Waals surface area contributed by atoms with E-state index in [1.54, 1.807) is 0 Å². The predicted molar refractivity (Wildman–Crippen MR) is 58.2 cm³/mol. The number of pyridine rings is 1. The van der Waals surface area contributed by atoms with Crippen LogP contribution in [0.5, 0.6) is 5.75 Å². The summed E-state index contributed by atoms with van der Waals surface area (Å²) in [5.41, 5.74) is -1.72. The van der Waals surface area contributed by atoms with Gasteiger partial charge < -0.3 is 4.74 Å². The summed E-state index contributed by atoms with van der Waals surface area (Å²) in [5, 5.41) is 0. The van der Waals surface area contributed by atoms with Gasteiger partial charge in [-0.05, 0) is 22.6 Å². The lowest BCUT2D eigenvalue weighted by molar-refractivity contribution is -0.275. The van der Waals surface area contributed by atoms with E-state index in [9.17, 15) is 26.3 Å². The van der Waals surface area contributed by atoms with Gasteiger partial charge in [0.05, 0.1) is 20.7 Å². The average Bonchev–Trinajstić information content (AvgIpc) is 2.17. The van der Waals surface area contributed by atoms with E-state index in [0.717, 1.165) is 22.6 Å². The van der Waals surface area contributed by atoms with Gasteiger partial charge in [0.15, 0.2) is 5.75 Å². The maximum atomic E-state index is 12.5. The molecule has 0 aliphatic carbocycles. The lowest BCUT2D eigenvalue weighted by Gasteiger charge is -2.16. The Morgan fingerprint density at radius 1 is 1.22 bits per heavy atom. The molecule has 0 N–H and O–H groups in total. The highest BCUT2D eigenvalue weighted by Crippen LogP contribution is 2.39. The summed E-state index contributed by atoms with van der Waals surface area (Å²) in [5.74, 6) is -1.52. The van der Waals surface area contributed by atoms with Crippen molar-refractivity contribution in [1.29, 1.82) is 0 Å². The molecule has 0 aliphatic rings. The van der Waals surface area contributed by atoms with Gasteiger partial charge in [-0.2, -0.15) is 13.2 Å². The van der Waals surface area contributed by atoms with Crippen molar-refractivity contribution < 1.29 is 31.1 Å². The van der Waals surface area contributed by atoms with E-state index >= 15 is 0 Å². The first-order valence-corrected chi connectivity index (χ1v) is 5.74. The number of aromatic nitrogens is 1. The molecule has 102 valence electrons. The van der Waals surface area contributed by atoms with Crippen LogP contribution in [0.15, 0.2) is 6.20 Å². The van der Waals surface area contributed by atoms with Crippen LogP contribution in [0.2, 0.25) is 0 Å².